The minimum Gasteiger partial charge on any atom is -0.324 e. The predicted octanol–water partition coefficient (Wildman–Crippen LogP) is 1.63. The molecule has 5 rings (SSSR count). The van der Waals surface area contributed by atoms with Gasteiger partial charge in [0.15, 0.2) is 0 Å². The van der Waals surface area contributed by atoms with Crippen molar-refractivity contribution < 1.29 is 14.4 Å². The van der Waals surface area contributed by atoms with Crippen molar-refractivity contribution in [3.8, 4) is 0 Å². The second-order valence-corrected chi connectivity index (χ2v) is 7.49. The van der Waals surface area contributed by atoms with E-state index < -0.39 is 17.4 Å². The maximum Gasteiger partial charge on any atom is 0.250 e. The molecule has 2 N–H and O–H groups in total. The fourth-order valence-corrected chi connectivity index (χ4v) is 4.90. The summed E-state index contributed by atoms with van der Waals surface area (Å²) in [5.74, 6) is -2.02. The summed E-state index contributed by atoms with van der Waals surface area (Å²) in [6, 6.07) is 16.5. The van der Waals surface area contributed by atoms with Crippen LogP contribution in [0.2, 0.25) is 0 Å². The molecule has 6 heteroatoms. The number of rotatable bonds is 2. The molecular weight excluding hydrogens is 342 g/mol. The van der Waals surface area contributed by atoms with E-state index in [-0.39, 0.29) is 30.3 Å². The number of anilines is 1. The number of amides is 3. The predicted molar refractivity (Wildman–Crippen MR) is 98.3 cm³/mol. The monoisotopic (exact) mass is 361 g/mol. The lowest BCUT2D eigenvalue weighted by Crippen LogP contribution is -2.52. The highest BCUT2D eigenvalue weighted by molar-refractivity contribution is 6.15. The molecule has 2 fully saturated rings. The molecular formula is C21H19N3O3. The molecule has 4 atom stereocenters. The summed E-state index contributed by atoms with van der Waals surface area (Å²) in [4.78, 5) is 40.8. The molecule has 3 heterocycles. The number of imide groups is 1. The van der Waals surface area contributed by atoms with Crippen LogP contribution in [0, 0.1) is 11.8 Å². The second kappa shape index (κ2) is 5.50. The first kappa shape index (κ1) is 16.2. The average molecular weight is 361 g/mol. The third kappa shape index (κ3) is 2.01. The first-order valence-electron chi connectivity index (χ1n) is 9.12. The van der Waals surface area contributed by atoms with E-state index in [1.807, 2.05) is 61.5 Å². The van der Waals surface area contributed by atoms with Gasteiger partial charge in [-0.3, -0.25) is 24.6 Å². The molecule has 0 saturated carbocycles. The van der Waals surface area contributed by atoms with Crippen molar-refractivity contribution in [2.75, 3.05) is 5.32 Å². The number of carbonyl (C=O) groups is 3. The van der Waals surface area contributed by atoms with Crippen LogP contribution in [0.15, 0.2) is 54.6 Å². The summed E-state index contributed by atoms with van der Waals surface area (Å²) >= 11 is 0. The summed E-state index contributed by atoms with van der Waals surface area (Å²) in [7, 11) is 0. The molecule has 2 aromatic rings. The highest BCUT2D eigenvalue weighted by Crippen LogP contribution is 2.52. The maximum atomic E-state index is 13.3. The van der Waals surface area contributed by atoms with Crippen molar-refractivity contribution in [3.05, 3.63) is 65.7 Å². The number of nitrogens with zero attached hydrogens (tertiary/aromatic N) is 1. The molecule has 0 unspecified atom stereocenters. The summed E-state index contributed by atoms with van der Waals surface area (Å²) in [5.41, 5.74) is 1.16. The smallest absolute Gasteiger partial charge is 0.250 e. The zero-order chi connectivity index (χ0) is 18.8. The number of likely N-dealkylation sites (tertiary alicyclic amines) is 1. The summed E-state index contributed by atoms with van der Waals surface area (Å²) in [6.45, 7) is 2.11. The molecule has 0 aromatic heterocycles. The van der Waals surface area contributed by atoms with Crippen LogP contribution in [-0.4, -0.2) is 28.7 Å². The number of fused-ring (bicyclic) bond motifs is 4. The normalized spacial score (nSPS) is 31.4. The number of benzene rings is 2. The van der Waals surface area contributed by atoms with Gasteiger partial charge in [-0.25, -0.2) is 0 Å². The highest BCUT2D eigenvalue weighted by atomic mass is 16.2. The van der Waals surface area contributed by atoms with Gasteiger partial charge in [-0.1, -0.05) is 48.5 Å². The van der Waals surface area contributed by atoms with E-state index in [4.69, 9.17) is 0 Å². The molecule has 0 bridgehead atoms. The standard InChI is InChI=1S/C21H19N3O3/c1-12-16-17(19(26)24(18(16)25)11-13-7-3-2-4-8-13)21(23-12)14-9-5-6-10-15(14)22-20(21)27/h2-10,12,16-17,23H,11H2,1H3,(H,22,27)/t12-,16-,17-,21-/m0/s1. The Kier molecular flexibility index (Phi) is 3.30. The quantitative estimate of drug-likeness (QED) is 0.797. The number of nitrogens with one attached hydrogen (secondary N) is 2. The molecule has 2 aromatic carbocycles. The molecule has 1 spiro atoms. The number of hydrogen-bond donors (Lipinski definition) is 2. The number of carbonyl (C=O) groups excluding carboxylic acids is 3. The molecule has 3 aliphatic rings. The van der Waals surface area contributed by atoms with Crippen LogP contribution >= 0.6 is 0 Å². The fraction of sp³-hybridized carbons (Fsp3) is 0.286. The van der Waals surface area contributed by atoms with E-state index in [1.165, 1.54) is 4.90 Å². The first-order chi connectivity index (χ1) is 13.0. The van der Waals surface area contributed by atoms with Crippen LogP contribution in [0.1, 0.15) is 18.1 Å². The molecule has 6 nitrogen and oxygen atoms in total. The van der Waals surface area contributed by atoms with Gasteiger partial charge in [-0.2, -0.15) is 0 Å². The zero-order valence-corrected chi connectivity index (χ0v) is 14.8. The Balaban J connectivity index is 1.59. The van der Waals surface area contributed by atoms with Crippen molar-refractivity contribution in [2.24, 2.45) is 11.8 Å². The van der Waals surface area contributed by atoms with Gasteiger partial charge in [0.25, 0.3) is 0 Å². The van der Waals surface area contributed by atoms with E-state index >= 15 is 0 Å². The van der Waals surface area contributed by atoms with Crippen LogP contribution in [0.4, 0.5) is 5.69 Å². The largest absolute Gasteiger partial charge is 0.324 e. The Labute approximate surface area is 156 Å². The van der Waals surface area contributed by atoms with Crippen molar-refractivity contribution in [1.82, 2.24) is 10.2 Å². The van der Waals surface area contributed by atoms with Crippen molar-refractivity contribution in [1.29, 1.82) is 0 Å². The van der Waals surface area contributed by atoms with Crippen LogP contribution in [0.5, 0.6) is 0 Å². The second-order valence-electron chi connectivity index (χ2n) is 7.49. The van der Waals surface area contributed by atoms with Gasteiger partial charge in [-0.05, 0) is 18.6 Å². The third-order valence-corrected chi connectivity index (χ3v) is 6.04. The summed E-state index contributed by atoms with van der Waals surface area (Å²) in [6.07, 6.45) is 0. The fourth-order valence-electron chi connectivity index (χ4n) is 4.90. The van der Waals surface area contributed by atoms with Gasteiger partial charge in [0.1, 0.15) is 5.54 Å². The number of para-hydroxylation sites is 1. The van der Waals surface area contributed by atoms with E-state index in [0.29, 0.717) is 5.69 Å². The average Bonchev–Trinajstić information content (AvgIpc) is 3.23. The SMILES string of the molecule is C[C@@H]1N[C@]2(C(=O)Nc3ccccc32)[C@@H]2C(=O)N(Cc3ccccc3)C(=O)[C@@H]12. The molecule has 3 aliphatic heterocycles. The Bertz CT molecular complexity index is 974. The zero-order valence-electron chi connectivity index (χ0n) is 14.8. The topological polar surface area (TPSA) is 78.5 Å². The van der Waals surface area contributed by atoms with E-state index in [9.17, 15) is 14.4 Å². The molecule has 3 amide bonds. The molecule has 0 aliphatic carbocycles. The van der Waals surface area contributed by atoms with Crippen LogP contribution in [-0.2, 0) is 26.5 Å². The van der Waals surface area contributed by atoms with Gasteiger partial charge < -0.3 is 5.32 Å². The van der Waals surface area contributed by atoms with Gasteiger partial charge >= 0.3 is 0 Å². The van der Waals surface area contributed by atoms with Crippen LogP contribution < -0.4 is 10.6 Å². The lowest BCUT2D eigenvalue weighted by atomic mass is 9.76. The summed E-state index contributed by atoms with van der Waals surface area (Å²) in [5, 5.41) is 6.18. The Morgan fingerprint density at radius 1 is 0.963 bits per heavy atom. The minimum atomic E-state index is -1.18. The first-order valence-corrected chi connectivity index (χ1v) is 9.12. The lowest BCUT2D eigenvalue weighted by molar-refractivity contribution is -0.143. The summed E-state index contributed by atoms with van der Waals surface area (Å²) < 4.78 is 0. The molecule has 2 saturated heterocycles. The third-order valence-electron chi connectivity index (χ3n) is 6.04. The van der Waals surface area contributed by atoms with Gasteiger partial charge in [0.2, 0.25) is 17.7 Å². The van der Waals surface area contributed by atoms with Crippen molar-refractivity contribution >= 4 is 23.4 Å². The highest BCUT2D eigenvalue weighted by Gasteiger charge is 2.69. The van der Waals surface area contributed by atoms with E-state index in [0.717, 1.165) is 11.1 Å². The molecule has 0 radical (unpaired) electrons. The van der Waals surface area contributed by atoms with E-state index in [2.05, 4.69) is 10.6 Å². The van der Waals surface area contributed by atoms with Gasteiger partial charge in [-0.15, -0.1) is 0 Å². The van der Waals surface area contributed by atoms with Crippen molar-refractivity contribution in [2.45, 2.75) is 25.0 Å². The van der Waals surface area contributed by atoms with E-state index in [1.54, 1.807) is 0 Å². The van der Waals surface area contributed by atoms with Crippen LogP contribution in [0.25, 0.3) is 0 Å². The minimum absolute atomic E-state index is 0.206. The van der Waals surface area contributed by atoms with Crippen LogP contribution in [0.3, 0.4) is 0 Å². The van der Waals surface area contributed by atoms with Gasteiger partial charge in [0, 0.05) is 17.3 Å². The maximum absolute atomic E-state index is 13.3. The van der Waals surface area contributed by atoms with Crippen molar-refractivity contribution in [3.63, 3.8) is 0 Å². The lowest BCUT2D eigenvalue weighted by Gasteiger charge is -2.29. The van der Waals surface area contributed by atoms with Gasteiger partial charge in [0.05, 0.1) is 18.4 Å². The Morgan fingerprint density at radius 3 is 2.44 bits per heavy atom. The Hall–Kier alpha value is -2.99. The molecule has 136 valence electrons. The Morgan fingerprint density at radius 2 is 1.67 bits per heavy atom. The number of hydrogen-bond acceptors (Lipinski definition) is 4. The molecule has 27 heavy (non-hydrogen) atoms.